The smallest absolute Gasteiger partial charge is 0.224 e. The Labute approximate surface area is 103 Å². The average molecular weight is 244 g/mol. The maximum atomic E-state index is 11.6. The lowest BCUT2D eigenvalue weighted by molar-refractivity contribution is -0.124. The molecular formula is C12H24N2O3. The maximum absolute atomic E-state index is 11.6. The van der Waals surface area contributed by atoms with Crippen molar-refractivity contribution >= 4 is 5.91 Å². The molecule has 1 saturated heterocycles. The normalized spacial score (nSPS) is 19.5. The van der Waals surface area contributed by atoms with E-state index in [1.54, 1.807) is 7.11 Å². The number of hydrogen-bond donors (Lipinski definition) is 2. The van der Waals surface area contributed by atoms with Gasteiger partial charge in [0.25, 0.3) is 0 Å². The van der Waals surface area contributed by atoms with Crippen LogP contribution in [-0.2, 0) is 14.3 Å². The lowest BCUT2D eigenvalue weighted by atomic mass is 10.1. The fraction of sp³-hybridized carbons (Fsp3) is 0.917. The minimum absolute atomic E-state index is 0.174. The third-order valence-corrected chi connectivity index (χ3v) is 2.88. The first kappa shape index (κ1) is 14.4. The van der Waals surface area contributed by atoms with Crippen LogP contribution in [0.4, 0.5) is 0 Å². The number of amides is 1. The lowest BCUT2D eigenvalue weighted by Gasteiger charge is -2.09. The minimum Gasteiger partial charge on any atom is -0.382 e. The largest absolute Gasteiger partial charge is 0.382 e. The maximum Gasteiger partial charge on any atom is 0.224 e. The van der Waals surface area contributed by atoms with E-state index < -0.39 is 0 Å². The van der Waals surface area contributed by atoms with Crippen LogP contribution in [0.15, 0.2) is 0 Å². The second-order valence-electron chi connectivity index (χ2n) is 4.29. The summed E-state index contributed by atoms with van der Waals surface area (Å²) in [5.41, 5.74) is 0. The summed E-state index contributed by atoms with van der Waals surface area (Å²) in [7, 11) is 1.66. The molecule has 1 unspecified atom stereocenters. The topological polar surface area (TPSA) is 59.6 Å². The first-order valence-corrected chi connectivity index (χ1v) is 6.39. The van der Waals surface area contributed by atoms with E-state index in [0.29, 0.717) is 13.2 Å². The summed E-state index contributed by atoms with van der Waals surface area (Å²) in [5, 5.41) is 6.16. The molecule has 5 heteroatoms. The van der Waals surface area contributed by atoms with E-state index in [1.165, 1.54) is 0 Å². The molecule has 17 heavy (non-hydrogen) atoms. The van der Waals surface area contributed by atoms with Crippen molar-refractivity contribution in [1.82, 2.24) is 10.6 Å². The Morgan fingerprint density at radius 3 is 2.94 bits per heavy atom. The van der Waals surface area contributed by atoms with E-state index in [4.69, 9.17) is 9.47 Å². The van der Waals surface area contributed by atoms with Gasteiger partial charge in [-0.1, -0.05) is 0 Å². The van der Waals surface area contributed by atoms with E-state index in [2.05, 4.69) is 10.6 Å². The van der Waals surface area contributed by atoms with Crippen LogP contribution >= 0.6 is 0 Å². The monoisotopic (exact) mass is 244 g/mol. The fourth-order valence-corrected chi connectivity index (χ4v) is 1.81. The Bertz CT molecular complexity index is 206. The molecule has 0 radical (unpaired) electrons. The molecule has 1 amide bonds. The molecule has 0 spiro atoms. The van der Waals surface area contributed by atoms with Gasteiger partial charge in [0.2, 0.25) is 5.91 Å². The van der Waals surface area contributed by atoms with Crippen molar-refractivity contribution in [3.05, 3.63) is 0 Å². The van der Waals surface area contributed by atoms with Crippen LogP contribution in [0.25, 0.3) is 0 Å². The van der Waals surface area contributed by atoms with Gasteiger partial charge in [0.05, 0.1) is 19.1 Å². The lowest BCUT2D eigenvalue weighted by Crippen LogP contribution is -2.32. The Morgan fingerprint density at radius 2 is 2.24 bits per heavy atom. The summed E-state index contributed by atoms with van der Waals surface area (Å²) in [6, 6.07) is 0. The Hall–Kier alpha value is -0.650. The fourth-order valence-electron chi connectivity index (χ4n) is 1.81. The standard InChI is InChI=1S/C12H24N2O3/c1-16-8-9-17-7-3-2-5-14-12(15)11-4-6-13-10-11/h11,13H,2-10H2,1H3,(H,14,15). The molecule has 1 atom stereocenters. The van der Waals surface area contributed by atoms with Crippen molar-refractivity contribution in [1.29, 1.82) is 0 Å². The quantitative estimate of drug-likeness (QED) is 0.567. The molecule has 0 aromatic heterocycles. The van der Waals surface area contributed by atoms with E-state index in [9.17, 15) is 4.79 Å². The first-order chi connectivity index (χ1) is 8.34. The molecule has 1 aliphatic heterocycles. The van der Waals surface area contributed by atoms with Gasteiger partial charge in [0.1, 0.15) is 0 Å². The molecule has 0 aromatic carbocycles. The number of nitrogens with one attached hydrogen (secondary N) is 2. The molecule has 100 valence electrons. The highest BCUT2D eigenvalue weighted by Gasteiger charge is 2.21. The summed E-state index contributed by atoms with van der Waals surface area (Å²) < 4.78 is 10.2. The van der Waals surface area contributed by atoms with Crippen LogP contribution in [0.2, 0.25) is 0 Å². The Kier molecular flexibility index (Phi) is 7.96. The Morgan fingerprint density at radius 1 is 1.35 bits per heavy atom. The molecular weight excluding hydrogens is 220 g/mol. The SMILES string of the molecule is COCCOCCCCNC(=O)C1CCNC1. The number of methoxy groups -OCH3 is 1. The van der Waals surface area contributed by atoms with Crippen molar-refractivity contribution in [3.63, 3.8) is 0 Å². The molecule has 0 bridgehead atoms. The van der Waals surface area contributed by atoms with Crippen LogP contribution in [0.3, 0.4) is 0 Å². The number of rotatable bonds is 9. The van der Waals surface area contributed by atoms with Crippen LogP contribution in [0.1, 0.15) is 19.3 Å². The van der Waals surface area contributed by atoms with E-state index >= 15 is 0 Å². The summed E-state index contributed by atoms with van der Waals surface area (Å²) in [5.74, 6) is 0.364. The molecule has 5 nitrogen and oxygen atoms in total. The zero-order chi connectivity index (χ0) is 12.3. The van der Waals surface area contributed by atoms with E-state index in [-0.39, 0.29) is 11.8 Å². The highest BCUT2D eigenvalue weighted by Crippen LogP contribution is 2.06. The van der Waals surface area contributed by atoms with Crippen molar-refractivity contribution < 1.29 is 14.3 Å². The number of ether oxygens (including phenoxy) is 2. The van der Waals surface area contributed by atoms with Crippen molar-refractivity contribution in [2.75, 3.05) is 46.6 Å². The molecule has 1 fully saturated rings. The predicted molar refractivity (Wildman–Crippen MR) is 65.9 cm³/mol. The summed E-state index contributed by atoms with van der Waals surface area (Å²) in [6.45, 7) is 4.58. The van der Waals surface area contributed by atoms with Gasteiger partial charge < -0.3 is 20.1 Å². The third-order valence-electron chi connectivity index (χ3n) is 2.88. The zero-order valence-corrected chi connectivity index (χ0v) is 10.7. The second kappa shape index (κ2) is 9.39. The number of carbonyl (C=O) groups excluding carboxylic acids is 1. The third kappa shape index (κ3) is 6.61. The van der Waals surface area contributed by atoms with Crippen molar-refractivity contribution in [2.24, 2.45) is 5.92 Å². The molecule has 2 N–H and O–H groups in total. The highest BCUT2D eigenvalue weighted by molar-refractivity contribution is 5.79. The van der Waals surface area contributed by atoms with E-state index in [1.807, 2.05) is 0 Å². The summed E-state index contributed by atoms with van der Waals surface area (Å²) in [4.78, 5) is 11.6. The van der Waals surface area contributed by atoms with Crippen LogP contribution in [0.5, 0.6) is 0 Å². The highest BCUT2D eigenvalue weighted by atomic mass is 16.5. The van der Waals surface area contributed by atoms with Gasteiger partial charge in [-0.3, -0.25) is 4.79 Å². The van der Waals surface area contributed by atoms with Crippen LogP contribution < -0.4 is 10.6 Å². The number of hydrogen-bond acceptors (Lipinski definition) is 4. The van der Waals surface area contributed by atoms with Crippen molar-refractivity contribution in [3.8, 4) is 0 Å². The van der Waals surface area contributed by atoms with Crippen LogP contribution in [-0.4, -0.2) is 52.5 Å². The van der Waals surface area contributed by atoms with Crippen molar-refractivity contribution in [2.45, 2.75) is 19.3 Å². The number of unbranched alkanes of at least 4 members (excludes halogenated alkanes) is 1. The van der Waals surface area contributed by atoms with Gasteiger partial charge in [0, 0.05) is 26.8 Å². The zero-order valence-electron chi connectivity index (χ0n) is 10.7. The molecule has 1 rings (SSSR count). The second-order valence-corrected chi connectivity index (χ2v) is 4.29. The number of carbonyl (C=O) groups is 1. The van der Waals surface area contributed by atoms with Gasteiger partial charge >= 0.3 is 0 Å². The minimum atomic E-state index is 0.174. The molecule has 1 aliphatic rings. The Balaban J connectivity index is 1.85. The van der Waals surface area contributed by atoms with Gasteiger partial charge in [-0.25, -0.2) is 0 Å². The van der Waals surface area contributed by atoms with Gasteiger partial charge in [-0.15, -0.1) is 0 Å². The first-order valence-electron chi connectivity index (χ1n) is 6.39. The van der Waals surface area contributed by atoms with Crippen LogP contribution in [0, 0.1) is 5.92 Å². The summed E-state index contributed by atoms with van der Waals surface area (Å²) >= 11 is 0. The molecule has 0 aliphatic carbocycles. The average Bonchev–Trinajstić information content (AvgIpc) is 2.86. The predicted octanol–water partition coefficient (Wildman–Crippen LogP) is 0.155. The van der Waals surface area contributed by atoms with Gasteiger partial charge in [-0.2, -0.15) is 0 Å². The molecule has 1 heterocycles. The molecule has 0 saturated carbocycles. The van der Waals surface area contributed by atoms with Gasteiger partial charge in [0.15, 0.2) is 0 Å². The molecule has 0 aromatic rings. The van der Waals surface area contributed by atoms with E-state index in [0.717, 1.165) is 45.5 Å². The van der Waals surface area contributed by atoms with Gasteiger partial charge in [-0.05, 0) is 25.8 Å². The summed E-state index contributed by atoms with van der Waals surface area (Å²) in [6.07, 6.45) is 2.91.